The van der Waals surface area contributed by atoms with E-state index in [4.69, 9.17) is 4.74 Å². The van der Waals surface area contributed by atoms with Crippen LogP contribution >= 0.6 is 0 Å². The number of aryl methyl sites for hydroxylation is 2. The van der Waals surface area contributed by atoms with Crippen molar-refractivity contribution in [2.24, 2.45) is 5.92 Å². The first kappa shape index (κ1) is 10.6. The van der Waals surface area contributed by atoms with Gasteiger partial charge in [0.1, 0.15) is 0 Å². The predicted molar refractivity (Wildman–Crippen MR) is 57.6 cm³/mol. The Morgan fingerprint density at radius 1 is 1.40 bits per heavy atom. The zero-order valence-electron chi connectivity index (χ0n) is 9.23. The third kappa shape index (κ3) is 2.36. The number of hydrogen-bond donors (Lipinski definition) is 1. The molecule has 2 rings (SSSR count). The molecule has 1 aliphatic heterocycles. The lowest BCUT2D eigenvalue weighted by Crippen LogP contribution is -2.13. The molecule has 0 spiro atoms. The van der Waals surface area contributed by atoms with Crippen LogP contribution < -0.4 is 0 Å². The molecule has 15 heavy (non-hydrogen) atoms. The van der Waals surface area contributed by atoms with Crippen LogP contribution in [-0.2, 0) is 4.74 Å². The van der Waals surface area contributed by atoms with E-state index >= 15 is 0 Å². The van der Waals surface area contributed by atoms with Crippen molar-refractivity contribution in [1.82, 2.24) is 4.98 Å². The summed E-state index contributed by atoms with van der Waals surface area (Å²) in [5.41, 5.74) is 2.89. The van der Waals surface area contributed by atoms with Crippen LogP contribution in [0.4, 0.5) is 0 Å². The largest absolute Gasteiger partial charge is 0.388 e. The molecular weight excluding hydrogens is 190 g/mol. The van der Waals surface area contributed by atoms with Crippen molar-refractivity contribution in [3.63, 3.8) is 0 Å². The summed E-state index contributed by atoms with van der Waals surface area (Å²) in [6.45, 7) is 5.34. The Bertz CT molecular complexity index is 325. The molecule has 0 saturated carbocycles. The van der Waals surface area contributed by atoms with Crippen LogP contribution in [-0.4, -0.2) is 23.3 Å². The molecular formula is C12H17NO2. The smallest absolute Gasteiger partial charge is 0.0842 e. The summed E-state index contributed by atoms with van der Waals surface area (Å²) in [6.07, 6.45) is 0.537. The van der Waals surface area contributed by atoms with Crippen LogP contribution in [0.5, 0.6) is 0 Å². The first-order valence-electron chi connectivity index (χ1n) is 5.38. The van der Waals surface area contributed by atoms with Gasteiger partial charge in [0.25, 0.3) is 0 Å². The van der Waals surface area contributed by atoms with Gasteiger partial charge in [-0.05, 0) is 38.0 Å². The van der Waals surface area contributed by atoms with Gasteiger partial charge in [0.15, 0.2) is 0 Å². The fraction of sp³-hybridized carbons (Fsp3) is 0.583. The highest BCUT2D eigenvalue weighted by Crippen LogP contribution is 2.28. The number of rotatable bonds is 2. The molecule has 1 aliphatic rings. The Labute approximate surface area is 90.1 Å². The van der Waals surface area contributed by atoms with Crippen LogP contribution in [0.2, 0.25) is 0 Å². The minimum absolute atomic E-state index is 0.242. The van der Waals surface area contributed by atoms with Gasteiger partial charge in [0, 0.05) is 23.9 Å². The number of aliphatic hydroxyl groups excluding tert-OH is 1. The van der Waals surface area contributed by atoms with Crippen LogP contribution in [0.1, 0.15) is 29.5 Å². The topological polar surface area (TPSA) is 42.4 Å². The van der Waals surface area contributed by atoms with E-state index in [1.807, 2.05) is 26.0 Å². The van der Waals surface area contributed by atoms with E-state index in [1.54, 1.807) is 0 Å². The van der Waals surface area contributed by atoms with Gasteiger partial charge in [-0.25, -0.2) is 0 Å². The van der Waals surface area contributed by atoms with Crippen LogP contribution in [0.3, 0.4) is 0 Å². The average molecular weight is 207 g/mol. The zero-order valence-corrected chi connectivity index (χ0v) is 9.23. The predicted octanol–water partition coefficient (Wildman–Crippen LogP) is 1.77. The number of nitrogens with zero attached hydrogens (tertiary/aromatic N) is 1. The van der Waals surface area contributed by atoms with Gasteiger partial charge in [-0.15, -0.1) is 0 Å². The fourth-order valence-electron chi connectivity index (χ4n) is 2.11. The highest BCUT2D eigenvalue weighted by Gasteiger charge is 2.25. The Morgan fingerprint density at radius 3 is 2.60 bits per heavy atom. The summed E-state index contributed by atoms with van der Waals surface area (Å²) < 4.78 is 5.28. The standard InChI is InChI=1S/C12H17NO2/c1-8-5-11(6-9(2)13-8)12(14)10-3-4-15-7-10/h5-6,10,12,14H,3-4,7H2,1-2H3. The molecule has 1 aromatic rings. The van der Waals surface area contributed by atoms with E-state index in [2.05, 4.69) is 4.98 Å². The molecule has 2 unspecified atom stereocenters. The van der Waals surface area contributed by atoms with E-state index in [0.717, 1.165) is 30.0 Å². The Hall–Kier alpha value is -0.930. The molecule has 0 bridgehead atoms. The molecule has 1 aromatic heterocycles. The van der Waals surface area contributed by atoms with Gasteiger partial charge in [-0.1, -0.05) is 0 Å². The van der Waals surface area contributed by atoms with E-state index in [-0.39, 0.29) is 5.92 Å². The summed E-state index contributed by atoms with van der Waals surface area (Å²) in [5, 5.41) is 10.2. The lowest BCUT2D eigenvalue weighted by molar-refractivity contribution is 0.0916. The SMILES string of the molecule is Cc1cc(C(O)C2CCOC2)cc(C)n1. The molecule has 1 fully saturated rings. The van der Waals surface area contributed by atoms with Gasteiger partial charge < -0.3 is 9.84 Å². The highest BCUT2D eigenvalue weighted by atomic mass is 16.5. The molecule has 0 radical (unpaired) electrons. The lowest BCUT2D eigenvalue weighted by atomic mass is 9.95. The van der Waals surface area contributed by atoms with Crippen molar-refractivity contribution in [1.29, 1.82) is 0 Å². The Kier molecular flexibility index (Phi) is 3.03. The van der Waals surface area contributed by atoms with Crippen LogP contribution in [0.25, 0.3) is 0 Å². The summed E-state index contributed by atoms with van der Waals surface area (Å²) in [6, 6.07) is 3.91. The van der Waals surface area contributed by atoms with E-state index in [0.29, 0.717) is 6.61 Å². The van der Waals surface area contributed by atoms with Gasteiger partial charge in [-0.2, -0.15) is 0 Å². The number of aromatic nitrogens is 1. The minimum Gasteiger partial charge on any atom is -0.388 e. The van der Waals surface area contributed by atoms with Gasteiger partial charge in [0.2, 0.25) is 0 Å². The molecule has 82 valence electrons. The zero-order chi connectivity index (χ0) is 10.8. The third-order valence-electron chi connectivity index (χ3n) is 2.86. The average Bonchev–Trinajstić information content (AvgIpc) is 2.67. The molecule has 3 heteroatoms. The van der Waals surface area contributed by atoms with E-state index < -0.39 is 6.10 Å². The summed E-state index contributed by atoms with van der Waals surface area (Å²) in [5.74, 6) is 0.242. The Morgan fingerprint density at radius 2 is 2.07 bits per heavy atom. The second-order valence-electron chi connectivity index (χ2n) is 4.25. The maximum atomic E-state index is 10.2. The molecule has 1 N–H and O–H groups in total. The van der Waals surface area contributed by atoms with Crippen molar-refractivity contribution in [3.8, 4) is 0 Å². The molecule has 0 aliphatic carbocycles. The number of hydrogen-bond acceptors (Lipinski definition) is 3. The van der Waals surface area contributed by atoms with Crippen LogP contribution in [0, 0.1) is 19.8 Å². The summed E-state index contributed by atoms with van der Waals surface area (Å²) in [7, 11) is 0. The quantitative estimate of drug-likeness (QED) is 0.803. The third-order valence-corrected chi connectivity index (χ3v) is 2.86. The first-order chi connectivity index (χ1) is 7.16. The van der Waals surface area contributed by atoms with Crippen LogP contribution in [0.15, 0.2) is 12.1 Å². The van der Waals surface area contributed by atoms with Crippen molar-refractivity contribution < 1.29 is 9.84 Å². The number of aliphatic hydroxyl groups is 1. The maximum Gasteiger partial charge on any atom is 0.0842 e. The van der Waals surface area contributed by atoms with Crippen molar-refractivity contribution in [2.45, 2.75) is 26.4 Å². The summed E-state index contributed by atoms with van der Waals surface area (Å²) in [4.78, 5) is 4.30. The normalized spacial score (nSPS) is 23.0. The lowest BCUT2D eigenvalue weighted by Gasteiger charge is -2.17. The van der Waals surface area contributed by atoms with Crippen molar-refractivity contribution in [3.05, 3.63) is 29.1 Å². The molecule has 1 saturated heterocycles. The molecule has 0 amide bonds. The van der Waals surface area contributed by atoms with Gasteiger partial charge >= 0.3 is 0 Å². The minimum atomic E-state index is -0.409. The molecule has 2 heterocycles. The monoisotopic (exact) mass is 207 g/mol. The van der Waals surface area contributed by atoms with E-state index in [9.17, 15) is 5.11 Å². The molecule has 2 atom stereocenters. The van der Waals surface area contributed by atoms with Crippen molar-refractivity contribution in [2.75, 3.05) is 13.2 Å². The second kappa shape index (κ2) is 4.29. The number of pyridine rings is 1. The highest BCUT2D eigenvalue weighted by molar-refractivity contribution is 5.23. The first-order valence-corrected chi connectivity index (χ1v) is 5.38. The van der Waals surface area contributed by atoms with Gasteiger partial charge in [0.05, 0.1) is 12.7 Å². The van der Waals surface area contributed by atoms with Crippen molar-refractivity contribution >= 4 is 0 Å². The summed E-state index contributed by atoms with van der Waals surface area (Å²) >= 11 is 0. The molecule has 0 aromatic carbocycles. The van der Waals surface area contributed by atoms with E-state index in [1.165, 1.54) is 0 Å². The van der Waals surface area contributed by atoms with Gasteiger partial charge in [-0.3, -0.25) is 4.98 Å². The fourth-order valence-corrected chi connectivity index (χ4v) is 2.11. The second-order valence-corrected chi connectivity index (χ2v) is 4.25. The molecule has 3 nitrogen and oxygen atoms in total. The Balaban J connectivity index is 2.20. The number of ether oxygens (including phenoxy) is 1. The maximum absolute atomic E-state index is 10.2.